The number of benzene rings is 1. The minimum Gasteiger partial charge on any atom is -0.385 e. The van der Waals surface area contributed by atoms with Crippen LogP contribution < -0.4 is 10.6 Å². The van der Waals surface area contributed by atoms with Gasteiger partial charge in [-0.1, -0.05) is 18.9 Å². The largest absolute Gasteiger partial charge is 0.385 e. The van der Waals surface area contributed by atoms with E-state index in [-0.39, 0.29) is 5.91 Å². The number of anilines is 1. The van der Waals surface area contributed by atoms with Gasteiger partial charge < -0.3 is 10.6 Å². The Hall–Kier alpha value is -1.51. The van der Waals surface area contributed by atoms with E-state index in [4.69, 9.17) is 0 Å². The Bertz CT molecular complexity index is 425. The summed E-state index contributed by atoms with van der Waals surface area (Å²) in [5, 5.41) is 6.26. The van der Waals surface area contributed by atoms with Crippen molar-refractivity contribution < 1.29 is 4.79 Å². The molecule has 1 saturated carbocycles. The van der Waals surface area contributed by atoms with E-state index < -0.39 is 0 Å². The second-order valence-corrected chi connectivity index (χ2v) is 5.07. The maximum absolute atomic E-state index is 12.1. The van der Waals surface area contributed by atoms with Gasteiger partial charge in [0.25, 0.3) is 5.91 Å². The summed E-state index contributed by atoms with van der Waals surface area (Å²) in [6.45, 7) is 5.70. The Labute approximate surface area is 109 Å². The van der Waals surface area contributed by atoms with Gasteiger partial charge in [-0.15, -0.1) is 0 Å². The van der Waals surface area contributed by atoms with Crippen LogP contribution in [0.5, 0.6) is 0 Å². The maximum Gasteiger partial charge on any atom is 0.253 e. The first-order chi connectivity index (χ1) is 8.70. The fraction of sp³-hybridized carbons (Fsp3) is 0.533. The highest BCUT2D eigenvalue weighted by molar-refractivity contribution is 5.99. The lowest BCUT2D eigenvalue weighted by Crippen LogP contribution is -2.25. The predicted molar refractivity (Wildman–Crippen MR) is 75.0 cm³/mol. The van der Waals surface area contributed by atoms with Crippen LogP contribution in [0.3, 0.4) is 0 Å². The fourth-order valence-corrected chi connectivity index (χ4v) is 2.08. The van der Waals surface area contributed by atoms with Crippen molar-refractivity contribution >= 4 is 11.6 Å². The molecule has 0 heterocycles. The van der Waals surface area contributed by atoms with E-state index in [0.717, 1.165) is 36.7 Å². The smallest absolute Gasteiger partial charge is 0.253 e. The van der Waals surface area contributed by atoms with Gasteiger partial charge in [-0.3, -0.25) is 4.79 Å². The zero-order valence-corrected chi connectivity index (χ0v) is 11.3. The van der Waals surface area contributed by atoms with Gasteiger partial charge in [0.1, 0.15) is 0 Å². The molecule has 1 aliphatic rings. The molecule has 1 aromatic rings. The van der Waals surface area contributed by atoms with Gasteiger partial charge >= 0.3 is 0 Å². The number of carbonyl (C=O) groups excluding carboxylic acids is 1. The lowest BCUT2D eigenvalue weighted by Gasteiger charge is -2.12. The number of nitrogens with one attached hydrogen (secondary N) is 2. The number of carbonyl (C=O) groups is 1. The zero-order chi connectivity index (χ0) is 13.0. The number of amides is 1. The molecule has 0 saturated heterocycles. The quantitative estimate of drug-likeness (QED) is 0.810. The highest BCUT2D eigenvalue weighted by atomic mass is 16.1. The molecule has 1 fully saturated rings. The third kappa shape index (κ3) is 3.49. The van der Waals surface area contributed by atoms with E-state index >= 15 is 0 Å². The number of aryl methyl sites for hydroxylation is 1. The van der Waals surface area contributed by atoms with Crippen molar-refractivity contribution in [1.29, 1.82) is 0 Å². The highest BCUT2D eigenvalue weighted by Crippen LogP contribution is 2.31. The van der Waals surface area contributed by atoms with Crippen LogP contribution in [-0.2, 0) is 0 Å². The normalized spacial score (nSPS) is 14.3. The minimum absolute atomic E-state index is 0.0339. The number of hydrogen-bond acceptors (Lipinski definition) is 2. The van der Waals surface area contributed by atoms with E-state index in [2.05, 4.69) is 10.6 Å². The summed E-state index contributed by atoms with van der Waals surface area (Å²) >= 11 is 0. The van der Waals surface area contributed by atoms with Crippen molar-refractivity contribution in [2.75, 3.05) is 18.4 Å². The SMILES string of the molecule is CCNc1cc(C)ccc1C(=O)NCCC1CC1. The van der Waals surface area contributed by atoms with Gasteiger partial charge in [0.15, 0.2) is 0 Å². The molecule has 1 aliphatic carbocycles. The molecule has 3 heteroatoms. The van der Waals surface area contributed by atoms with Gasteiger partial charge in [0.05, 0.1) is 5.56 Å². The van der Waals surface area contributed by atoms with Gasteiger partial charge in [-0.2, -0.15) is 0 Å². The van der Waals surface area contributed by atoms with E-state index in [0.29, 0.717) is 0 Å². The number of hydrogen-bond donors (Lipinski definition) is 2. The molecule has 0 unspecified atom stereocenters. The monoisotopic (exact) mass is 246 g/mol. The first-order valence-corrected chi connectivity index (χ1v) is 6.83. The van der Waals surface area contributed by atoms with Crippen molar-refractivity contribution in [3.8, 4) is 0 Å². The Morgan fingerprint density at radius 1 is 1.39 bits per heavy atom. The molecular formula is C15H22N2O. The van der Waals surface area contributed by atoms with Crippen molar-refractivity contribution in [1.82, 2.24) is 5.32 Å². The molecular weight excluding hydrogens is 224 g/mol. The average molecular weight is 246 g/mol. The Balaban J connectivity index is 1.98. The van der Waals surface area contributed by atoms with E-state index in [1.807, 2.05) is 32.0 Å². The first-order valence-electron chi connectivity index (χ1n) is 6.83. The summed E-state index contributed by atoms with van der Waals surface area (Å²) in [4.78, 5) is 12.1. The Morgan fingerprint density at radius 2 is 2.17 bits per heavy atom. The van der Waals surface area contributed by atoms with Crippen LogP contribution >= 0.6 is 0 Å². The summed E-state index contributed by atoms with van der Waals surface area (Å²) < 4.78 is 0. The molecule has 2 N–H and O–H groups in total. The lowest BCUT2D eigenvalue weighted by atomic mass is 10.1. The fourth-order valence-electron chi connectivity index (χ4n) is 2.08. The van der Waals surface area contributed by atoms with Gasteiger partial charge in [-0.25, -0.2) is 0 Å². The summed E-state index contributed by atoms with van der Waals surface area (Å²) in [6.07, 6.45) is 3.79. The van der Waals surface area contributed by atoms with Crippen LogP contribution in [0.25, 0.3) is 0 Å². The van der Waals surface area contributed by atoms with E-state index in [1.54, 1.807) is 0 Å². The Kier molecular flexibility index (Phi) is 4.24. The van der Waals surface area contributed by atoms with Crippen molar-refractivity contribution in [3.05, 3.63) is 29.3 Å². The van der Waals surface area contributed by atoms with Crippen LogP contribution in [0.2, 0.25) is 0 Å². The van der Waals surface area contributed by atoms with Crippen LogP contribution in [0, 0.1) is 12.8 Å². The van der Waals surface area contributed by atoms with E-state index in [1.165, 1.54) is 18.4 Å². The molecule has 0 aromatic heterocycles. The molecule has 0 atom stereocenters. The molecule has 1 amide bonds. The first kappa shape index (κ1) is 12.9. The molecule has 18 heavy (non-hydrogen) atoms. The topological polar surface area (TPSA) is 41.1 Å². The standard InChI is InChI=1S/C15H22N2O/c1-3-16-14-10-11(2)4-7-13(14)15(18)17-9-8-12-5-6-12/h4,7,10,12,16H,3,5-6,8-9H2,1-2H3,(H,17,18). The maximum atomic E-state index is 12.1. The molecule has 0 bridgehead atoms. The molecule has 3 nitrogen and oxygen atoms in total. The van der Waals surface area contributed by atoms with Gasteiger partial charge in [0, 0.05) is 18.8 Å². The lowest BCUT2D eigenvalue weighted by molar-refractivity contribution is 0.0953. The summed E-state index contributed by atoms with van der Waals surface area (Å²) in [7, 11) is 0. The summed E-state index contributed by atoms with van der Waals surface area (Å²) in [5.74, 6) is 0.892. The highest BCUT2D eigenvalue weighted by Gasteiger charge is 2.21. The summed E-state index contributed by atoms with van der Waals surface area (Å²) in [6, 6.07) is 5.91. The van der Waals surface area contributed by atoms with Crippen molar-refractivity contribution in [2.45, 2.75) is 33.1 Å². The third-order valence-electron chi connectivity index (χ3n) is 3.32. The molecule has 0 spiro atoms. The van der Waals surface area contributed by atoms with Gasteiger partial charge in [-0.05, 0) is 43.9 Å². The average Bonchev–Trinajstić information content (AvgIpc) is 3.13. The Morgan fingerprint density at radius 3 is 2.83 bits per heavy atom. The zero-order valence-electron chi connectivity index (χ0n) is 11.3. The molecule has 1 aromatic carbocycles. The van der Waals surface area contributed by atoms with Crippen molar-refractivity contribution in [2.24, 2.45) is 5.92 Å². The molecule has 2 rings (SSSR count). The van der Waals surface area contributed by atoms with Crippen LogP contribution in [0.15, 0.2) is 18.2 Å². The third-order valence-corrected chi connectivity index (χ3v) is 3.32. The second kappa shape index (κ2) is 5.89. The number of rotatable bonds is 6. The minimum atomic E-state index is 0.0339. The van der Waals surface area contributed by atoms with E-state index in [9.17, 15) is 4.79 Å². The predicted octanol–water partition coefficient (Wildman–Crippen LogP) is 2.96. The van der Waals surface area contributed by atoms with Crippen LogP contribution in [0.4, 0.5) is 5.69 Å². The molecule has 0 aliphatic heterocycles. The van der Waals surface area contributed by atoms with Crippen LogP contribution in [0.1, 0.15) is 42.1 Å². The van der Waals surface area contributed by atoms with Crippen LogP contribution in [-0.4, -0.2) is 19.0 Å². The van der Waals surface area contributed by atoms with Crippen molar-refractivity contribution in [3.63, 3.8) is 0 Å². The summed E-state index contributed by atoms with van der Waals surface area (Å²) in [5.41, 5.74) is 2.85. The second-order valence-electron chi connectivity index (χ2n) is 5.07. The molecule has 98 valence electrons. The molecule has 0 radical (unpaired) electrons. The van der Waals surface area contributed by atoms with Gasteiger partial charge in [0.2, 0.25) is 0 Å².